The van der Waals surface area contributed by atoms with Gasteiger partial charge in [-0.3, -0.25) is 9.59 Å². The number of esters is 1. The van der Waals surface area contributed by atoms with E-state index in [1.54, 1.807) is 13.8 Å². The van der Waals surface area contributed by atoms with E-state index in [9.17, 15) is 14.4 Å². The highest BCUT2D eigenvalue weighted by Gasteiger charge is 2.26. The van der Waals surface area contributed by atoms with Gasteiger partial charge in [0, 0.05) is 6.54 Å². The van der Waals surface area contributed by atoms with Crippen LogP contribution in [0.5, 0.6) is 5.75 Å². The lowest BCUT2D eigenvalue weighted by Gasteiger charge is -2.15. The molecule has 35 heavy (non-hydrogen) atoms. The number of nitrogens with one attached hydrogen (secondary N) is 1. The van der Waals surface area contributed by atoms with Gasteiger partial charge in [0.25, 0.3) is 5.91 Å². The number of benzene rings is 1. The SMILES string of the molecule is CCOC(=O)c1c(NC(=O)CSc2nnc(C(C)Oc3ccccc3)n2CC)sc(C(N)=O)c1C. The van der Waals surface area contributed by atoms with Crippen LogP contribution in [0.4, 0.5) is 5.00 Å². The molecule has 1 aromatic carbocycles. The minimum Gasteiger partial charge on any atom is -0.483 e. The number of thiophene rings is 1. The molecule has 12 heteroatoms. The Balaban J connectivity index is 1.71. The van der Waals surface area contributed by atoms with Gasteiger partial charge < -0.3 is 25.1 Å². The molecule has 0 saturated heterocycles. The van der Waals surface area contributed by atoms with Gasteiger partial charge >= 0.3 is 5.97 Å². The average Bonchev–Trinajstić information content (AvgIpc) is 3.39. The number of primary amides is 1. The van der Waals surface area contributed by atoms with Gasteiger partial charge in [0.2, 0.25) is 5.91 Å². The first kappa shape index (κ1) is 26.2. The summed E-state index contributed by atoms with van der Waals surface area (Å²) in [5.74, 6) is -0.305. The quantitative estimate of drug-likeness (QED) is 0.289. The molecule has 3 N–H and O–H groups in total. The van der Waals surface area contributed by atoms with Crippen molar-refractivity contribution in [3.05, 3.63) is 52.2 Å². The number of aromatic nitrogens is 3. The molecule has 0 spiro atoms. The Morgan fingerprint density at radius 2 is 1.91 bits per heavy atom. The third kappa shape index (κ3) is 6.20. The number of thioether (sulfide) groups is 1. The zero-order valence-corrected chi connectivity index (χ0v) is 21.5. The molecule has 10 nitrogen and oxygen atoms in total. The molecule has 2 aromatic heterocycles. The van der Waals surface area contributed by atoms with E-state index in [4.69, 9.17) is 15.2 Å². The molecule has 0 bridgehead atoms. The molecule has 0 aliphatic heterocycles. The number of ether oxygens (including phenoxy) is 2. The van der Waals surface area contributed by atoms with Gasteiger partial charge in [-0.1, -0.05) is 30.0 Å². The molecule has 0 radical (unpaired) electrons. The van der Waals surface area contributed by atoms with Gasteiger partial charge in [0.1, 0.15) is 10.8 Å². The van der Waals surface area contributed by atoms with Gasteiger partial charge in [-0.25, -0.2) is 4.79 Å². The number of anilines is 1. The van der Waals surface area contributed by atoms with Gasteiger partial charge in [0.05, 0.1) is 22.8 Å². The first-order chi connectivity index (χ1) is 16.8. The van der Waals surface area contributed by atoms with Crippen LogP contribution in [0.1, 0.15) is 58.3 Å². The number of carbonyl (C=O) groups excluding carboxylic acids is 3. The number of hydrogen-bond donors (Lipinski definition) is 2. The van der Waals surface area contributed by atoms with Crippen LogP contribution in [0.25, 0.3) is 0 Å². The summed E-state index contributed by atoms with van der Waals surface area (Å²) in [6.45, 7) is 7.86. The lowest BCUT2D eigenvalue weighted by molar-refractivity contribution is -0.113. The number of rotatable bonds is 11. The first-order valence-corrected chi connectivity index (χ1v) is 12.7. The highest BCUT2D eigenvalue weighted by molar-refractivity contribution is 7.99. The van der Waals surface area contributed by atoms with E-state index >= 15 is 0 Å². The topological polar surface area (TPSA) is 138 Å². The van der Waals surface area contributed by atoms with Gasteiger partial charge in [-0.15, -0.1) is 21.5 Å². The summed E-state index contributed by atoms with van der Waals surface area (Å²) in [6.07, 6.45) is -0.346. The fourth-order valence-corrected chi connectivity index (χ4v) is 5.21. The van der Waals surface area contributed by atoms with E-state index in [1.807, 2.05) is 48.7 Å². The molecule has 0 aliphatic rings. The molecule has 1 unspecified atom stereocenters. The monoisotopic (exact) mass is 517 g/mol. The van der Waals surface area contributed by atoms with E-state index in [2.05, 4.69) is 15.5 Å². The lowest BCUT2D eigenvalue weighted by Crippen LogP contribution is -2.17. The molecule has 0 saturated carbocycles. The Morgan fingerprint density at radius 1 is 1.20 bits per heavy atom. The predicted molar refractivity (Wildman–Crippen MR) is 134 cm³/mol. The smallest absolute Gasteiger partial charge is 0.341 e. The Kier molecular flexibility index (Phi) is 8.88. The van der Waals surface area contributed by atoms with Gasteiger partial charge in [0.15, 0.2) is 17.1 Å². The number of amides is 2. The number of nitrogens with two attached hydrogens (primary N) is 1. The molecule has 0 fully saturated rings. The van der Waals surface area contributed by atoms with Crippen molar-refractivity contribution < 1.29 is 23.9 Å². The van der Waals surface area contributed by atoms with Crippen molar-refractivity contribution in [1.82, 2.24) is 14.8 Å². The largest absolute Gasteiger partial charge is 0.483 e. The minimum atomic E-state index is -0.677. The fourth-order valence-electron chi connectivity index (χ4n) is 3.34. The molecule has 186 valence electrons. The van der Waals surface area contributed by atoms with Crippen molar-refractivity contribution in [2.24, 2.45) is 5.73 Å². The molecule has 2 amide bonds. The van der Waals surface area contributed by atoms with Crippen LogP contribution in [0, 0.1) is 6.92 Å². The van der Waals surface area contributed by atoms with E-state index in [1.165, 1.54) is 11.8 Å². The van der Waals surface area contributed by atoms with E-state index in [-0.39, 0.29) is 39.8 Å². The summed E-state index contributed by atoms with van der Waals surface area (Å²) in [5, 5.41) is 12.0. The summed E-state index contributed by atoms with van der Waals surface area (Å²) in [6, 6.07) is 9.42. The zero-order chi connectivity index (χ0) is 25.5. The minimum absolute atomic E-state index is 0.0111. The van der Waals surface area contributed by atoms with Crippen LogP contribution < -0.4 is 15.8 Å². The van der Waals surface area contributed by atoms with E-state index < -0.39 is 11.9 Å². The van der Waals surface area contributed by atoms with Crippen molar-refractivity contribution in [3.63, 3.8) is 0 Å². The fraction of sp³-hybridized carbons (Fsp3) is 0.348. The number of para-hydroxylation sites is 1. The first-order valence-electron chi connectivity index (χ1n) is 10.9. The van der Waals surface area contributed by atoms with Crippen molar-refractivity contribution in [1.29, 1.82) is 0 Å². The third-order valence-electron chi connectivity index (χ3n) is 4.92. The maximum atomic E-state index is 12.7. The van der Waals surface area contributed by atoms with Crippen LogP contribution in [0.2, 0.25) is 0 Å². The Labute approximate surface area is 211 Å². The zero-order valence-electron chi connectivity index (χ0n) is 19.9. The number of nitrogens with zero attached hydrogens (tertiary/aromatic N) is 3. The van der Waals surface area contributed by atoms with Crippen LogP contribution in [-0.2, 0) is 16.1 Å². The second-order valence-corrected chi connectivity index (χ2v) is 9.30. The average molecular weight is 518 g/mol. The summed E-state index contributed by atoms with van der Waals surface area (Å²) in [7, 11) is 0. The van der Waals surface area contributed by atoms with Crippen LogP contribution in [-0.4, -0.2) is 44.9 Å². The maximum absolute atomic E-state index is 12.7. The molecule has 2 heterocycles. The lowest BCUT2D eigenvalue weighted by atomic mass is 10.1. The molecular formula is C23H27N5O5S2. The van der Waals surface area contributed by atoms with Crippen molar-refractivity contribution in [3.8, 4) is 5.75 Å². The molecule has 1 atom stereocenters. The Bertz CT molecular complexity index is 1210. The van der Waals surface area contributed by atoms with Crippen molar-refractivity contribution in [2.75, 3.05) is 17.7 Å². The Hall–Kier alpha value is -3.38. The van der Waals surface area contributed by atoms with Crippen LogP contribution in [0.15, 0.2) is 35.5 Å². The molecule has 3 aromatic rings. The van der Waals surface area contributed by atoms with Crippen molar-refractivity contribution >= 4 is 45.9 Å². The highest BCUT2D eigenvalue weighted by Crippen LogP contribution is 2.34. The standard InChI is InChI=1S/C23H27N5O5S2/c1-5-28-20(14(4)33-15-10-8-7-9-11-15)26-27-23(28)34-12-16(29)25-21-17(22(31)32-6-2)13(3)18(35-21)19(24)30/h7-11,14H,5-6,12H2,1-4H3,(H2,24,30)(H,25,29). The van der Waals surface area contributed by atoms with E-state index in [0.29, 0.717) is 23.1 Å². The molecular weight excluding hydrogens is 490 g/mol. The molecule has 3 rings (SSSR count). The van der Waals surface area contributed by atoms with Gasteiger partial charge in [-0.05, 0) is 45.4 Å². The van der Waals surface area contributed by atoms with Crippen molar-refractivity contribution in [2.45, 2.75) is 45.5 Å². The van der Waals surface area contributed by atoms with Crippen LogP contribution in [0.3, 0.4) is 0 Å². The third-order valence-corrected chi connectivity index (χ3v) is 7.11. The molecule has 0 aliphatic carbocycles. The Morgan fingerprint density at radius 3 is 2.54 bits per heavy atom. The van der Waals surface area contributed by atoms with E-state index in [0.717, 1.165) is 17.1 Å². The highest BCUT2D eigenvalue weighted by atomic mass is 32.2. The second kappa shape index (κ2) is 11.8. The summed E-state index contributed by atoms with van der Waals surface area (Å²) in [5.41, 5.74) is 5.93. The normalized spacial score (nSPS) is 11.7. The van der Waals surface area contributed by atoms with Gasteiger partial charge in [-0.2, -0.15) is 0 Å². The summed E-state index contributed by atoms with van der Waals surface area (Å²) in [4.78, 5) is 37.1. The second-order valence-electron chi connectivity index (χ2n) is 7.34. The summed E-state index contributed by atoms with van der Waals surface area (Å²) < 4.78 is 12.9. The number of carbonyl (C=O) groups is 3. The summed E-state index contributed by atoms with van der Waals surface area (Å²) >= 11 is 2.15. The maximum Gasteiger partial charge on any atom is 0.341 e. The van der Waals surface area contributed by atoms with Crippen LogP contribution >= 0.6 is 23.1 Å². The number of hydrogen-bond acceptors (Lipinski definition) is 9. The predicted octanol–water partition coefficient (Wildman–Crippen LogP) is 3.81.